The summed E-state index contributed by atoms with van der Waals surface area (Å²) in [5, 5.41) is 11.0. The van der Waals surface area contributed by atoms with Crippen LogP contribution in [0, 0.1) is 10.7 Å². The first-order chi connectivity index (χ1) is 7.30. The molecule has 0 radical (unpaired) electrons. The van der Waals surface area contributed by atoms with E-state index in [0.29, 0.717) is 4.86 Å². The molecule has 0 aromatic rings. The standard InChI is InChI=1S/C12H24N2O/c13-14(15)12-10-8-6-4-2-1-3-5-7-9-11-12/h12-13H,1-11H2. The molecule has 0 aliphatic heterocycles. The summed E-state index contributed by atoms with van der Waals surface area (Å²) in [4.78, 5) is 0.436. The van der Waals surface area contributed by atoms with Gasteiger partial charge >= 0.3 is 0 Å². The van der Waals surface area contributed by atoms with Crippen molar-refractivity contribution in [2.24, 2.45) is 0 Å². The van der Waals surface area contributed by atoms with Gasteiger partial charge in [-0.15, -0.1) is 0 Å². The average Bonchev–Trinajstić information content (AvgIpc) is 2.18. The topological polar surface area (TPSA) is 49.9 Å². The maximum atomic E-state index is 11.0. The Morgan fingerprint density at radius 2 is 1.07 bits per heavy atom. The minimum atomic E-state index is -0.0376. The highest BCUT2D eigenvalue weighted by atomic mass is 16.5. The fraction of sp³-hybridized carbons (Fsp3) is 1.00. The summed E-state index contributed by atoms with van der Waals surface area (Å²) in [6.07, 6.45) is 13.3. The molecule has 0 amide bonds. The number of nitrogens with one attached hydrogen (secondary N) is 1. The van der Waals surface area contributed by atoms with Gasteiger partial charge in [0.15, 0.2) is 6.04 Å². The van der Waals surface area contributed by atoms with Gasteiger partial charge in [-0.2, -0.15) is 0 Å². The quantitative estimate of drug-likeness (QED) is 0.395. The molecule has 1 aliphatic carbocycles. The van der Waals surface area contributed by atoms with Gasteiger partial charge in [-0.25, -0.2) is 0 Å². The Balaban J connectivity index is 2.28. The molecule has 15 heavy (non-hydrogen) atoms. The Kier molecular flexibility index (Phi) is 6.37. The zero-order valence-corrected chi connectivity index (χ0v) is 9.71. The molecule has 1 aliphatic rings. The third-order valence-corrected chi connectivity index (χ3v) is 3.41. The molecule has 0 atom stereocenters. The SMILES string of the molecule is N=[N+]([O-])C1CCCCCCCCCCC1. The molecule has 88 valence electrons. The number of hydroxylamine groups is 1. The van der Waals surface area contributed by atoms with E-state index in [4.69, 9.17) is 5.53 Å². The highest BCUT2D eigenvalue weighted by molar-refractivity contribution is 4.59. The molecule has 3 nitrogen and oxygen atoms in total. The van der Waals surface area contributed by atoms with E-state index in [2.05, 4.69) is 0 Å². The fourth-order valence-corrected chi connectivity index (χ4v) is 2.38. The Hall–Kier alpha value is -0.600. The molecule has 3 heteroatoms. The predicted octanol–water partition coefficient (Wildman–Crippen LogP) is 4.20. The summed E-state index contributed by atoms with van der Waals surface area (Å²) in [5.74, 6) is 0. The van der Waals surface area contributed by atoms with E-state index in [0.717, 1.165) is 25.7 Å². The van der Waals surface area contributed by atoms with Gasteiger partial charge in [0.2, 0.25) is 0 Å². The largest absolute Gasteiger partial charge is 0.600 e. The Bertz CT molecular complexity index is 170. The molecule has 0 aromatic carbocycles. The lowest BCUT2D eigenvalue weighted by Crippen LogP contribution is -2.19. The van der Waals surface area contributed by atoms with Crippen molar-refractivity contribution in [3.8, 4) is 0 Å². The van der Waals surface area contributed by atoms with Crippen LogP contribution in [0.1, 0.15) is 70.6 Å². The summed E-state index contributed by atoms with van der Waals surface area (Å²) in [5.41, 5.74) is 7.14. The molecular formula is C12H24N2O. The lowest BCUT2D eigenvalue weighted by molar-refractivity contribution is -0.591. The maximum absolute atomic E-state index is 11.0. The van der Waals surface area contributed by atoms with Crippen molar-refractivity contribution < 1.29 is 4.86 Å². The fourth-order valence-electron chi connectivity index (χ4n) is 2.38. The average molecular weight is 212 g/mol. The van der Waals surface area contributed by atoms with Crippen molar-refractivity contribution in [2.75, 3.05) is 0 Å². The van der Waals surface area contributed by atoms with Crippen molar-refractivity contribution in [2.45, 2.75) is 76.7 Å². The van der Waals surface area contributed by atoms with Crippen LogP contribution < -0.4 is 0 Å². The molecule has 0 spiro atoms. The monoisotopic (exact) mass is 212 g/mol. The summed E-state index contributed by atoms with van der Waals surface area (Å²) < 4.78 is 0. The van der Waals surface area contributed by atoms with Gasteiger partial charge in [-0.05, 0) is 18.4 Å². The Labute approximate surface area is 92.9 Å². The van der Waals surface area contributed by atoms with Crippen molar-refractivity contribution in [1.82, 2.24) is 0 Å². The van der Waals surface area contributed by atoms with E-state index >= 15 is 0 Å². The van der Waals surface area contributed by atoms with Gasteiger partial charge < -0.3 is 5.21 Å². The maximum Gasteiger partial charge on any atom is 0.189 e. The van der Waals surface area contributed by atoms with Gasteiger partial charge in [0.1, 0.15) is 0 Å². The van der Waals surface area contributed by atoms with Crippen LogP contribution in [0.15, 0.2) is 0 Å². The summed E-state index contributed by atoms with van der Waals surface area (Å²) in [6.45, 7) is 0. The smallest absolute Gasteiger partial charge is 0.189 e. The molecular weight excluding hydrogens is 188 g/mol. The van der Waals surface area contributed by atoms with Crippen LogP contribution in [0.25, 0.3) is 0 Å². The summed E-state index contributed by atoms with van der Waals surface area (Å²) in [7, 11) is 0. The summed E-state index contributed by atoms with van der Waals surface area (Å²) in [6, 6.07) is -0.0376. The molecule has 1 rings (SSSR count). The molecule has 0 aromatic heterocycles. The third kappa shape index (κ3) is 5.75. The highest BCUT2D eigenvalue weighted by Gasteiger charge is 2.15. The van der Waals surface area contributed by atoms with Gasteiger partial charge in [0, 0.05) is 12.8 Å². The van der Waals surface area contributed by atoms with Crippen LogP contribution in [-0.4, -0.2) is 10.9 Å². The first-order valence-corrected chi connectivity index (χ1v) is 6.48. The normalized spacial score (nSPS) is 22.7. The van der Waals surface area contributed by atoms with Crippen LogP contribution >= 0.6 is 0 Å². The molecule has 0 saturated heterocycles. The second-order valence-corrected chi connectivity index (χ2v) is 4.74. The lowest BCUT2D eigenvalue weighted by Gasteiger charge is -2.14. The molecule has 0 bridgehead atoms. The van der Waals surface area contributed by atoms with E-state index in [-0.39, 0.29) is 6.04 Å². The van der Waals surface area contributed by atoms with E-state index in [1.807, 2.05) is 0 Å². The van der Waals surface area contributed by atoms with E-state index in [1.54, 1.807) is 0 Å². The Morgan fingerprint density at radius 3 is 1.40 bits per heavy atom. The Morgan fingerprint density at radius 1 is 0.733 bits per heavy atom. The van der Waals surface area contributed by atoms with Crippen molar-refractivity contribution in [1.29, 1.82) is 5.53 Å². The molecule has 0 unspecified atom stereocenters. The van der Waals surface area contributed by atoms with Gasteiger partial charge in [0.25, 0.3) is 0 Å². The number of hydrogen-bond acceptors (Lipinski definition) is 2. The van der Waals surface area contributed by atoms with Crippen molar-refractivity contribution in [3.05, 3.63) is 5.21 Å². The van der Waals surface area contributed by atoms with E-state index < -0.39 is 0 Å². The molecule has 0 heterocycles. The van der Waals surface area contributed by atoms with Crippen molar-refractivity contribution in [3.63, 3.8) is 0 Å². The van der Waals surface area contributed by atoms with Crippen LogP contribution in [0.2, 0.25) is 0 Å². The van der Waals surface area contributed by atoms with Gasteiger partial charge in [-0.1, -0.05) is 49.8 Å². The van der Waals surface area contributed by atoms with Crippen LogP contribution in [0.3, 0.4) is 0 Å². The summed E-state index contributed by atoms with van der Waals surface area (Å²) >= 11 is 0. The predicted molar refractivity (Wildman–Crippen MR) is 60.9 cm³/mol. The molecule has 1 fully saturated rings. The number of hydrogen-bond donors (Lipinski definition) is 1. The van der Waals surface area contributed by atoms with Gasteiger partial charge in [0.05, 0.1) is 0 Å². The minimum absolute atomic E-state index is 0.0376. The highest BCUT2D eigenvalue weighted by Crippen LogP contribution is 2.18. The first kappa shape index (κ1) is 12.5. The first-order valence-electron chi connectivity index (χ1n) is 6.48. The van der Waals surface area contributed by atoms with Crippen LogP contribution in [-0.2, 0) is 0 Å². The van der Waals surface area contributed by atoms with Gasteiger partial charge in [-0.3, -0.25) is 0 Å². The zero-order chi connectivity index (χ0) is 10.9. The number of nitrogens with zero attached hydrogens (tertiary/aromatic N) is 1. The minimum Gasteiger partial charge on any atom is -0.600 e. The second kappa shape index (κ2) is 7.66. The lowest BCUT2D eigenvalue weighted by atomic mass is 9.98. The molecule has 1 saturated carbocycles. The van der Waals surface area contributed by atoms with Crippen LogP contribution in [0.4, 0.5) is 0 Å². The second-order valence-electron chi connectivity index (χ2n) is 4.74. The third-order valence-electron chi connectivity index (χ3n) is 3.41. The van der Waals surface area contributed by atoms with Crippen LogP contribution in [0.5, 0.6) is 0 Å². The van der Waals surface area contributed by atoms with E-state index in [1.165, 1.54) is 44.9 Å². The van der Waals surface area contributed by atoms with Crippen molar-refractivity contribution >= 4 is 0 Å². The number of rotatable bonds is 1. The zero-order valence-electron chi connectivity index (χ0n) is 9.71. The van der Waals surface area contributed by atoms with E-state index in [9.17, 15) is 5.21 Å². The molecule has 1 N–H and O–H groups in total.